The van der Waals surface area contributed by atoms with Gasteiger partial charge in [-0.3, -0.25) is 4.98 Å². The molecule has 2 heterocycles. The maximum absolute atomic E-state index is 5.56. The lowest BCUT2D eigenvalue weighted by atomic mass is 10.1. The maximum atomic E-state index is 5.56. The molecule has 14 heavy (non-hydrogen) atoms. The molecule has 2 aromatic rings. The van der Waals surface area contributed by atoms with Crippen LogP contribution in [0.5, 0.6) is 0 Å². The molecule has 2 rings (SSSR count). The molecule has 2 aromatic heterocycles. The van der Waals surface area contributed by atoms with Crippen LogP contribution in [0.15, 0.2) is 29.0 Å². The van der Waals surface area contributed by atoms with Crippen LogP contribution >= 0.6 is 0 Å². The van der Waals surface area contributed by atoms with Crippen molar-refractivity contribution in [1.29, 1.82) is 0 Å². The van der Waals surface area contributed by atoms with Crippen LogP contribution in [-0.4, -0.2) is 10.1 Å². The van der Waals surface area contributed by atoms with Crippen LogP contribution in [0.1, 0.15) is 11.3 Å². The van der Waals surface area contributed by atoms with Gasteiger partial charge >= 0.3 is 0 Å². The van der Waals surface area contributed by atoms with Crippen molar-refractivity contribution in [3.05, 3.63) is 35.8 Å². The standard InChI is InChI=1S/C10H11N3O/c1-7-9(3-2-4-12-7)10-8(5-11)6-13-14-10/h2-4,6H,5,11H2,1H3. The molecule has 0 aliphatic carbocycles. The minimum Gasteiger partial charge on any atom is -0.356 e. The summed E-state index contributed by atoms with van der Waals surface area (Å²) in [5.41, 5.74) is 8.33. The van der Waals surface area contributed by atoms with Crippen molar-refractivity contribution in [1.82, 2.24) is 10.1 Å². The van der Waals surface area contributed by atoms with Gasteiger partial charge in [0.25, 0.3) is 0 Å². The number of aryl methyl sites for hydroxylation is 1. The number of nitrogens with two attached hydrogens (primary N) is 1. The van der Waals surface area contributed by atoms with Gasteiger partial charge in [0.05, 0.1) is 6.20 Å². The molecule has 0 amide bonds. The molecule has 0 aliphatic heterocycles. The Kier molecular flexibility index (Phi) is 2.28. The molecule has 0 spiro atoms. The average molecular weight is 189 g/mol. The van der Waals surface area contributed by atoms with Gasteiger partial charge in [0, 0.05) is 29.6 Å². The normalized spacial score (nSPS) is 10.4. The summed E-state index contributed by atoms with van der Waals surface area (Å²) in [7, 11) is 0. The average Bonchev–Trinajstić information content (AvgIpc) is 2.66. The highest BCUT2D eigenvalue weighted by Crippen LogP contribution is 2.24. The highest BCUT2D eigenvalue weighted by molar-refractivity contribution is 5.62. The molecule has 0 atom stereocenters. The molecule has 0 radical (unpaired) electrons. The third-order valence-electron chi connectivity index (χ3n) is 2.12. The Morgan fingerprint density at radius 1 is 1.50 bits per heavy atom. The Balaban J connectivity index is 2.54. The first-order chi connectivity index (χ1) is 6.83. The fourth-order valence-corrected chi connectivity index (χ4v) is 1.35. The lowest BCUT2D eigenvalue weighted by Gasteiger charge is -2.01. The van der Waals surface area contributed by atoms with Gasteiger partial charge in [-0.2, -0.15) is 0 Å². The highest BCUT2D eigenvalue weighted by atomic mass is 16.5. The molecule has 2 N–H and O–H groups in total. The number of pyridine rings is 1. The summed E-state index contributed by atoms with van der Waals surface area (Å²) in [5, 5.41) is 3.73. The van der Waals surface area contributed by atoms with Crippen LogP contribution < -0.4 is 5.73 Å². The minimum absolute atomic E-state index is 0.424. The van der Waals surface area contributed by atoms with Crippen LogP contribution in [-0.2, 0) is 6.54 Å². The van der Waals surface area contributed by atoms with E-state index in [1.54, 1.807) is 12.4 Å². The Hall–Kier alpha value is -1.68. The zero-order valence-corrected chi connectivity index (χ0v) is 7.90. The summed E-state index contributed by atoms with van der Waals surface area (Å²) in [5.74, 6) is 0.720. The molecule has 0 unspecified atom stereocenters. The number of aromatic nitrogens is 2. The summed E-state index contributed by atoms with van der Waals surface area (Å²) >= 11 is 0. The fourth-order valence-electron chi connectivity index (χ4n) is 1.35. The predicted octanol–water partition coefficient (Wildman–Crippen LogP) is 1.50. The van der Waals surface area contributed by atoms with Gasteiger partial charge in [0.1, 0.15) is 0 Å². The van der Waals surface area contributed by atoms with Gasteiger partial charge in [0.2, 0.25) is 0 Å². The molecule has 0 bridgehead atoms. The topological polar surface area (TPSA) is 64.9 Å². The summed E-state index contributed by atoms with van der Waals surface area (Å²) in [6.07, 6.45) is 3.39. The fraction of sp³-hybridized carbons (Fsp3) is 0.200. The predicted molar refractivity (Wildman–Crippen MR) is 52.4 cm³/mol. The molecule has 0 aromatic carbocycles. The van der Waals surface area contributed by atoms with E-state index in [-0.39, 0.29) is 0 Å². The van der Waals surface area contributed by atoms with Crippen LogP contribution in [0.25, 0.3) is 11.3 Å². The molecule has 0 fully saturated rings. The van der Waals surface area contributed by atoms with Crippen LogP contribution in [0.4, 0.5) is 0 Å². The van der Waals surface area contributed by atoms with Crippen molar-refractivity contribution < 1.29 is 4.52 Å². The SMILES string of the molecule is Cc1ncccc1-c1oncc1CN. The van der Waals surface area contributed by atoms with Gasteiger partial charge in [0.15, 0.2) is 5.76 Å². The Morgan fingerprint density at radius 2 is 2.36 bits per heavy atom. The molecule has 72 valence electrons. The largest absolute Gasteiger partial charge is 0.356 e. The first kappa shape index (κ1) is 8.90. The summed E-state index contributed by atoms with van der Waals surface area (Å²) < 4.78 is 5.15. The van der Waals surface area contributed by atoms with Crippen molar-refractivity contribution in [3.8, 4) is 11.3 Å². The van der Waals surface area contributed by atoms with E-state index in [0.29, 0.717) is 6.54 Å². The maximum Gasteiger partial charge on any atom is 0.173 e. The van der Waals surface area contributed by atoms with E-state index in [1.165, 1.54) is 0 Å². The first-order valence-electron chi connectivity index (χ1n) is 4.38. The third kappa shape index (κ3) is 1.40. The first-order valence-corrected chi connectivity index (χ1v) is 4.38. The van der Waals surface area contributed by atoms with E-state index < -0.39 is 0 Å². The molecule has 4 heteroatoms. The van der Waals surface area contributed by atoms with Crippen molar-refractivity contribution in [3.63, 3.8) is 0 Å². The molecule has 0 saturated heterocycles. The lowest BCUT2D eigenvalue weighted by molar-refractivity contribution is 0.431. The second-order valence-corrected chi connectivity index (χ2v) is 3.02. The Labute approximate surface area is 81.7 Å². The van der Waals surface area contributed by atoms with Crippen molar-refractivity contribution in [2.75, 3.05) is 0 Å². The van der Waals surface area contributed by atoms with Crippen LogP contribution in [0.2, 0.25) is 0 Å². The van der Waals surface area contributed by atoms with Crippen LogP contribution in [0, 0.1) is 6.92 Å². The van der Waals surface area contributed by atoms with Gasteiger partial charge in [-0.15, -0.1) is 0 Å². The number of nitrogens with zero attached hydrogens (tertiary/aromatic N) is 2. The molecular formula is C10H11N3O. The second kappa shape index (κ2) is 3.59. The molecule has 4 nitrogen and oxygen atoms in total. The van der Waals surface area contributed by atoms with Gasteiger partial charge in [-0.1, -0.05) is 5.16 Å². The second-order valence-electron chi connectivity index (χ2n) is 3.02. The van der Waals surface area contributed by atoms with Gasteiger partial charge in [-0.25, -0.2) is 0 Å². The van der Waals surface area contributed by atoms with E-state index in [4.69, 9.17) is 10.3 Å². The van der Waals surface area contributed by atoms with Gasteiger partial charge < -0.3 is 10.3 Å². The molecule has 0 saturated carbocycles. The zero-order chi connectivity index (χ0) is 9.97. The zero-order valence-electron chi connectivity index (χ0n) is 7.90. The highest BCUT2D eigenvalue weighted by Gasteiger charge is 2.11. The summed E-state index contributed by atoms with van der Waals surface area (Å²) in [6, 6.07) is 3.81. The lowest BCUT2D eigenvalue weighted by Crippen LogP contribution is -1.97. The van der Waals surface area contributed by atoms with E-state index in [1.807, 2.05) is 19.1 Å². The Bertz CT molecular complexity index is 436. The quantitative estimate of drug-likeness (QED) is 0.777. The Morgan fingerprint density at radius 3 is 3.07 bits per heavy atom. The number of hydrogen-bond donors (Lipinski definition) is 1. The third-order valence-corrected chi connectivity index (χ3v) is 2.12. The smallest absolute Gasteiger partial charge is 0.173 e. The van der Waals surface area contributed by atoms with E-state index >= 15 is 0 Å². The molecular weight excluding hydrogens is 178 g/mol. The van der Waals surface area contributed by atoms with E-state index in [9.17, 15) is 0 Å². The minimum atomic E-state index is 0.424. The summed E-state index contributed by atoms with van der Waals surface area (Å²) in [6.45, 7) is 2.35. The van der Waals surface area contributed by atoms with Crippen molar-refractivity contribution >= 4 is 0 Å². The van der Waals surface area contributed by atoms with Crippen molar-refractivity contribution in [2.45, 2.75) is 13.5 Å². The van der Waals surface area contributed by atoms with E-state index in [2.05, 4.69) is 10.1 Å². The van der Waals surface area contributed by atoms with E-state index in [0.717, 1.165) is 22.6 Å². The summed E-state index contributed by atoms with van der Waals surface area (Å²) in [4.78, 5) is 4.18. The monoisotopic (exact) mass is 189 g/mol. The van der Waals surface area contributed by atoms with Crippen molar-refractivity contribution in [2.24, 2.45) is 5.73 Å². The van der Waals surface area contributed by atoms with Crippen LogP contribution in [0.3, 0.4) is 0 Å². The number of rotatable bonds is 2. The number of hydrogen-bond acceptors (Lipinski definition) is 4. The van der Waals surface area contributed by atoms with Gasteiger partial charge in [-0.05, 0) is 19.1 Å². The molecule has 0 aliphatic rings.